The van der Waals surface area contributed by atoms with E-state index in [2.05, 4.69) is 10.6 Å². The van der Waals surface area contributed by atoms with Gasteiger partial charge < -0.3 is 10.6 Å². The Morgan fingerprint density at radius 2 is 2.07 bits per heavy atom. The predicted octanol–water partition coefficient (Wildman–Crippen LogP) is 2.69. The van der Waals surface area contributed by atoms with Gasteiger partial charge in [-0.3, -0.25) is 0 Å². The predicted molar refractivity (Wildman–Crippen MR) is 68.0 cm³/mol. The molecule has 15 heavy (non-hydrogen) atoms. The van der Waals surface area contributed by atoms with Crippen molar-refractivity contribution in [2.24, 2.45) is 0 Å². The fraction of sp³-hybridized carbons (Fsp3) is 0.250. The van der Waals surface area contributed by atoms with Crippen LogP contribution < -0.4 is 10.6 Å². The molecule has 78 valence electrons. The van der Waals surface area contributed by atoms with Gasteiger partial charge in [0.15, 0.2) is 0 Å². The first-order valence-corrected chi connectivity index (χ1v) is 5.56. The van der Waals surface area contributed by atoms with Crippen molar-refractivity contribution in [3.63, 3.8) is 0 Å². The van der Waals surface area contributed by atoms with Crippen LogP contribution >= 0.6 is 12.2 Å². The van der Waals surface area contributed by atoms with E-state index < -0.39 is 0 Å². The second kappa shape index (κ2) is 4.94. The molecule has 3 heteroatoms. The molecule has 0 spiro atoms. The normalized spacial score (nSPS) is 15.1. The molecule has 0 amide bonds. The maximum absolute atomic E-state index is 5.34. The fourth-order valence-electron chi connectivity index (χ4n) is 1.56. The Kier molecular flexibility index (Phi) is 3.35. The Balaban J connectivity index is 2.00. The monoisotopic (exact) mass is 218 g/mol. The summed E-state index contributed by atoms with van der Waals surface area (Å²) in [5.41, 5.74) is 2.24. The summed E-state index contributed by atoms with van der Waals surface area (Å²) in [5.74, 6) is 0. The molecule has 1 heterocycles. The van der Waals surface area contributed by atoms with Crippen LogP contribution in [0.3, 0.4) is 0 Å². The summed E-state index contributed by atoms with van der Waals surface area (Å²) in [5, 5.41) is 6.45. The van der Waals surface area contributed by atoms with Crippen LogP contribution in [0.5, 0.6) is 0 Å². The summed E-state index contributed by atoms with van der Waals surface area (Å²) in [7, 11) is 0. The molecule has 2 nitrogen and oxygen atoms in total. The minimum absolute atomic E-state index is 0.827. The van der Waals surface area contributed by atoms with Gasteiger partial charge in [0.2, 0.25) is 0 Å². The summed E-state index contributed by atoms with van der Waals surface area (Å²) in [6, 6.07) is 10.0. The molecular formula is C12H14N2S. The van der Waals surface area contributed by atoms with Crippen LogP contribution in [0.4, 0.5) is 5.69 Å². The molecule has 0 radical (unpaired) electrons. The van der Waals surface area contributed by atoms with E-state index in [1.54, 1.807) is 0 Å². The van der Waals surface area contributed by atoms with Gasteiger partial charge in [-0.1, -0.05) is 30.4 Å². The summed E-state index contributed by atoms with van der Waals surface area (Å²) < 4.78 is 0. The molecule has 0 fully saturated rings. The molecule has 2 rings (SSSR count). The summed E-state index contributed by atoms with van der Waals surface area (Å²) in [6.45, 7) is 1.05. The lowest BCUT2D eigenvalue weighted by Gasteiger charge is -2.16. The van der Waals surface area contributed by atoms with Crippen molar-refractivity contribution in [1.82, 2.24) is 5.32 Å². The molecule has 1 aliphatic rings. The number of hydrogen-bond donors (Lipinski definition) is 2. The second-order valence-electron chi connectivity index (χ2n) is 3.55. The number of anilines is 1. The Hall–Kier alpha value is -1.35. The van der Waals surface area contributed by atoms with Crippen molar-refractivity contribution >= 4 is 22.9 Å². The Bertz CT molecular complexity index is 370. The Morgan fingerprint density at radius 1 is 1.27 bits per heavy atom. The first-order valence-electron chi connectivity index (χ1n) is 5.15. The summed E-state index contributed by atoms with van der Waals surface area (Å²) >= 11 is 5.34. The smallest absolute Gasteiger partial charge is 0.108 e. The molecule has 0 saturated carbocycles. The molecule has 0 unspecified atom stereocenters. The highest BCUT2D eigenvalue weighted by Crippen LogP contribution is 2.13. The number of para-hydroxylation sites is 1. The topological polar surface area (TPSA) is 24.1 Å². The Morgan fingerprint density at radius 3 is 2.73 bits per heavy atom. The average Bonchev–Trinajstić information content (AvgIpc) is 2.31. The second-order valence-corrected chi connectivity index (χ2v) is 3.96. The first-order chi connectivity index (χ1) is 7.36. The molecule has 1 aliphatic heterocycles. The molecular weight excluding hydrogens is 204 g/mol. The van der Waals surface area contributed by atoms with Gasteiger partial charge in [-0.25, -0.2) is 0 Å². The molecule has 1 aromatic rings. The van der Waals surface area contributed by atoms with Crippen molar-refractivity contribution < 1.29 is 0 Å². The molecule has 0 bridgehead atoms. The minimum atomic E-state index is 0.827. The molecule has 1 aromatic carbocycles. The number of thiocarbonyl (C=S) groups is 1. The third-order valence-corrected chi connectivity index (χ3v) is 2.73. The van der Waals surface area contributed by atoms with Gasteiger partial charge in [0.25, 0.3) is 0 Å². The molecule has 0 saturated heterocycles. The van der Waals surface area contributed by atoms with Crippen LogP contribution in [-0.4, -0.2) is 11.5 Å². The standard InChI is InChI=1S/C12H14N2S/c15-12(10-5-4-8-13-9-10)14-11-6-2-1-3-7-11/h1-3,6-7,9,13H,4-5,8H2,(H,14,15). The van der Waals surface area contributed by atoms with Crippen molar-refractivity contribution in [3.8, 4) is 0 Å². The quantitative estimate of drug-likeness (QED) is 0.746. The van der Waals surface area contributed by atoms with E-state index >= 15 is 0 Å². The van der Waals surface area contributed by atoms with Gasteiger partial charge in [-0.2, -0.15) is 0 Å². The SMILES string of the molecule is S=C(Nc1ccccc1)C1=CNCCC1. The first kappa shape index (κ1) is 10.2. The fourth-order valence-corrected chi connectivity index (χ4v) is 1.84. The van der Waals surface area contributed by atoms with Gasteiger partial charge in [-0.05, 0) is 25.0 Å². The van der Waals surface area contributed by atoms with E-state index in [0.29, 0.717) is 0 Å². The van der Waals surface area contributed by atoms with Crippen LogP contribution in [0.25, 0.3) is 0 Å². The van der Waals surface area contributed by atoms with Crippen molar-refractivity contribution in [2.45, 2.75) is 12.8 Å². The highest BCUT2D eigenvalue weighted by atomic mass is 32.1. The maximum Gasteiger partial charge on any atom is 0.108 e. The Labute approximate surface area is 95.4 Å². The van der Waals surface area contributed by atoms with Crippen molar-refractivity contribution in [2.75, 3.05) is 11.9 Å². The van der Waals surface area contributed by atoms with E-state index in [4.69, 9.17) is 12.2 Å². The zero-order valence-electron chi connectivity index (χ0n) is 8.49. The number of hydrogen-bond acceptors (Lipinski definition) is 2. The van der Waals surface area contributed by atoms with Crippen LogP contribution in [0.1, 0.15) is 12.8 Å². The highest BCUT2D eigenvalue weighted by Gasteiger charge is 2.08. The highest BCUT2D eigenvalue weighted by molar-refractivity contribution is 7.81. The summed E-state index contributed by atoms with van der Waals surface area (Å²) in [4.78, 5) is 0.827. The van der Waals surface area contributed by atoms with Gasteiger partial charge in [-0.15, -0.1) is 0 Å². The zero-order chi connectivity index (χ0) is 10.5. The van der Waals surface area contributed by atoms with Crippen LogP contribution in [0.15, 0.2) is 42.1 Å². The number of rotatable bonds is 2. The van der Waals surface area contributed by atoms with Gasteiger partial charge in [0, 0.05) is 24.0 Å². The van der Waals surface area contributed by atoms with E-state index in [-0.39, 0.29) is 0 Å². The van der Waals surface area contributed by atoms with E-state index in [1.807, 2.05) is 36.5 Å². The zero-order valence-corrected chi connectivity index (χ0v) is 9.31. The van der Waals surface area contributed by atoms with Crippen LogP contribution in [-0.2, 0) is 0 Å². The van der Waals surface area contributed by atoms with E-state index in [9.17, 15) is 0 Å². The van der Waals surface area contributed by atoms with Crippen molar-refractivity contribution in [3.05, 3.63) is 42.1 Å². The lowest BCUT2D eigenvalue weighted by Crippen LogP contribution is -2.21. The molecule has 2 N–H and O–H groups in total. The molecule has 0 aliphatic carbocycles. The average molecular weight is 218 g/mol. The lowest BCUT2D eigenvalue weighted by molar-refractivity contribution is 0.715. The summed E-state index contributed by atoms with van der Waals surface area (Å²) in [6.07, 6.45) is 4.23. The lowest BCUT2D eigenvalue weighted by atomic mass is 10.1. The molecule has 0 atom stereocenters. The minimum Gasteiger partial charge on any atom is -0.391 e. The third-order valence-electron chi connectivity index (χ3n) is 2.37. The van der Waals surface area contributed by atoms with Crippen LogP contribution in [0.2, 0.25) is 0 Å². The number of nitrogens with one attached hydrogen (secondary N) is 2. The maximum atomic E-state index is 5.34. The van der Waals surface area contributed by atoms with Crippen molar-refractivity contribution in [1.29, 1.82) is 0 Å². The van der Waals surface area contributed by atoms with E-state index in [0.717, 1.165) is 30.1 Å². The number of benzene rings is 1. The van der Waals surface area contributed by atoms with Gasteiger partial charge >= 0.3 is 0 Å². The van der Waals surface area contributed by atoms with Gasteiger partial charge in [0.1, 0.15) is 4.99 Å². The third kappa shape index (κ3) is 2.80. The largest absolute Gasteiger partial charge is 0.391 e. The van der Waals surface area contributed by atoms with Gasteiger partial charge in [0.05, 0.1) is 0 Å². The molecule has 0 aromatic heterocycles. The van der Waals surface area contributed by atoms with Crippen LogP contribution in [0, 0.1) is 0 Å². The van der Waals surface area contributed by atoms with E-state index in [1.165, 1.54) is 5.57 Å².